The van der Waals surface area contributed by atoms with Crippen LogP contribution in [0, 0.1) is 17.8 Å². The van der Waals surface area contributed by atoms with E-state index in [1.54, 1.807) is 38.4 Å². The quantitative estimate of drug-likeness (QED) is 0.107. The molecule has 10 nitrogen and oxygen atoms in total. The Hall–Kier alpha value is -3.82. The van der Waals surface area contributed by atoms with Gasteiger partial charge in [0.1, 0.15) is 23.6 Å². The average Bonchev–Trinajstić information content (AvgIpc) is 3.00. The van der Waals surface area contributed by atoms with E-state index in [1.807, 2.05) is 26.8 Å². The van der Waals surface area contributed by atoms with Crippen LogP contribution < -0.4 is 20.1 Å². The highest BCUT2D eigenvalue weighted by molar-refractivity contribution is 5.91. The van der Waals surface area contributed by atoms with Gasteiger partial charge in [-0.25, -0.2) is 4.79 Å². The minimum absolute atomic E-state index is 0.0697. The van der Waals surface area contributed by atoms with E-state index in [1.165, 1.54) is 12.0 Å². The number of carboxylic acids is 1. The summed E-state index contributed by atoms with van der Waals surface area (Å²) in [4.78, 5) is 54.1. The molecule has 2 unspecified atom stereocenters. The van der Waals surface area contributed by atoms with Gasteiger partial charge in [-0.2, -0.15) is 0 Å². The van der Waals surface area contributed by atoms with Gasteiger partial charge in [0.25, 0.3) is 0 Å². The molecular formula is C35H55N3O7. The minimum Gasteiger partial charge on any atom is -0.497 e. The Labute approximate surface area is 269 Å². The summed E-state index contributed by atoms with van der Waals surface area (Å²) < 4.78 is 10.7. The molecule has 1 aromatic carbocycles. The number of ether oxygens (including phenoxy) is 2. The summed E-state index contributed by atoms with van der Waals surface area (Å²) >= 11 is 0. The fraction of sp³-hybridized carbons (Fsp3) is 0.600. The van der Waals surface area contributed by atoms with Gasteiger partial charge in [0.2, 0.25) is 17.7 Å². The van der Waals surface area contributed by atoms with Gasteiger partial charge in [-0.3, -0.25) is 14.4 Å². The van der Waals surface area contributed by atoms with E-state index >= 15 is 0 Å². The van der Waals surface area contributed by atoms with Crippen molar-refractivity contribution in [3.8, 4) is 11.5 Å². The number of carbonyl (C=O) groups excluding carboxylic acids is 3. The van der Waals surface area contributed by atoms with Crippen molar-refractivity contribution in [1.82, 2.24) is 15.5 Å². The molecule has 0 heterocycles. The second-order valence-corrected chi connectivity index (χ2v) is 12.0. The Morgan fingerprint density at radius 2 is 1.62 bits per heavy atom. The van der Waals surface area contributed by atoms with E-state index in [0.29, 0.717) is 30.8 Å². The van der Waals surface area contributed by atoms with Crippen LogP contribution in [-0.2, 0) is 25.7 Å². The molecular weight excluding hydrogens is 574 g/mol. The number of methoxy groups -OCH3 is 2. The summed E-state index contributed by atoms with van der Waals surface area (Å²) in [5.74, 6) is -2.06. The molecule has 3 N–H and O–H groups in total. The molecule has 45 heavy (non-hydrogen) atoms. The molecule has 0 aliphatic heterocycles. The van der Waals surface area contributed by atoms with Crippen molar-refractivity contribution in [2.45, 2.75) is 97.2 Å². The van der Waals surface area contributed by atoms with Crippen LogP contribution in [0.3, 0.4) is 0 Å². The number of hydrogen-bond acceptors (Lipinski definition) is 6. The molecule has 0 aliphatic carbocycles. The van der Waals surface area contributed by atoms with Crippen LogP contribution in [0.2, 0.25) is 0 Å². The van der Waals surface area contributed by atoms with Gasteiger partial charge in [0.05, 0.1) is 14.2 Å². The van der Waals surface area contributed by atoms with Crippen molar-refractivity contribution in [1.29, 1.82) is 0 Å². The SMILES string of the molecule is C=CCCCCC(CCC)C(=O)N[C@@H](CC(C)C)C(=O)N[C@@H](CC(CC=C)C(=O)N(C)Cc1ccc(OC)cc1OC)C(=O)O. The molecule has 10 heteroatoms. The van der Waals surface area contributed by atoms with Gasteiger partial charge in [0.15, 0.2) is 0 Å². The number of nitrogens with one attached hydrogen (secondary N) is 2. The molecule has 0 aliphatic rings. The lowest BCUT2D eigenvalue weighted by atomic mass is 9.93. The van der Waals surface area contributed by atoms with Crippen LogP contribution >= 0.6 is 0 Å². The zero-order valence-corrected chi connectivity index (χ0v) is 28.1. The number of benzene rings is 1. The second-order valence-electron chi connectivity index (χ2n) is 12.0. The molecule has 0 bridgehead atoms. The zero-order chi connectivity index (χ0) is 33.9. The fourth-order valence-corrected chi connectivity index (χ4v) is 5.33. The Morgan fingerprint density at radius 1 is 0.933 bits per heavy atom. The van der Waals surface area contributed by atoms with Crippen molar-refractivity contribution < 1.29 is 33.8 Å². The lowest BCUT2D eigenvalue weighted by Gasteiger charge is -2.28. The van der Waals surface area contributed by atoms with E-state index in [2.05, 4.69) is 23.8 Å². The van der Waals surface area contributed by atoms with Crippen LogP contribution in [0.4, 0.5) is 0 Å². The molecule has 1 aromatic rings. The second kappa shape index (κ2) is 21.0. The third-order valence-electron chi connectivity index (χ3n) is 7.77. The van der Waals surface area contributed by atoms with E-state index in [4.69, 9.17) is 9.47 Å². The molecule has 0 spiro atoms. The number of rotatable bonds is 23. The summed E-state index contributed by atoms with van der Waals surface area (Å²) in [6.07, 6.45) is 8.81. The Morgan fingerprint density at radius 3 is 2.18 bits per heavy atom. The number of amides is 3. The van der Waals surface area contributed by atoms with Crippen LogP contribution in [-0.4, -0.2) is 67.0 Å². The Bertz CT molecular complexity index is 1120. The average molecular weight is 630 g/mol. The number of nitrogens with zero attached hydrogens (tertiary/aromatic N) is 1. The van der Waals surface area contributed by atoms with Crippen LogP contribution in [0.5, 0.6) is 11.5 Å². The Balaban J connectivity index is 3.08. The van der Waals surface area contributed by atoms with Gasteiger partial charge >= 0.3 is 5.97 Å². The molecule has 0 fully saturated rings. The third kappa shape index (κ3) is 13.8. The predicted molar refractivity (Wildman–Crippen MR) is 177 cm³/mol. The predicted octanol–water partition coefficient (Wildman–Crippen LogP) is 5.51. The van der Waals surface area contributed by atoms with Gasteiger partial charge in [0, 0.05) is 37.1 Å². The summed E-state index contributed by atoms with van der Waals surface area (Å²) in [5, 5.41) is 15.6. The maximum Gasteiger partial charge on any atom is 0.326 e. The largest absolute Gasteiger partial charge is 0.497 e. The third-order valence-corrected chi connectivity index (χ3v) is 7.77. The van der Waals surface area contributed by atoms with Crippen molar-refractivity contribution in [3.05, 3.63) is 49.1 Å². The van der Waals surface area contributed by atoms with Crippen LogP contribution in [0.15, 0.2) is 43.5 Å². The molecule has 3 amide bonds. The number of carboxylic acid groups (broad SMARTS) is 1. The monoisotopic (exact) mass is 629 g/mol. The molecule has 0 radical (unpaired) electrons. The topological polar surface area (TPSA) is 134 Å². The maximum absolute atomic E-state index is 13.5. The maximum atomic E-state index is 13.5. The number of aliphatic carboxylic acids is 1. The molecule has 0 saturated heterocycles. The minimum atomic E-state index is -1.34. The molecule has 4 atom stereocenters. The van der Waals surface area contributed by atoms with Crippen LogP contribution in [0.1, 0.15) is 84.1 Å². The summed E-state index contributed by atoms with van der Waals surface area (Å²) in [6.45, 7) is 13.6. The van der Waals surface area contributed by atoms with Gasteiger partial charge in [-0.1, -0.05) is 45.8 Å². The first-order chi connectivity index (χ1) is 21.4. The van der Waals surface area contributed by atoms with E-state index in [9.17, 15) is 24.3 Å². The van der Waals surface area contributed by atoms with Gasteiger partial charge in [-0.05, 0) is 63.0 Å². The molecule has 0 aromatic heterocycles. The molecule has 252 valence electrons. The summed E-state index contributed by atoms with van der Waals surface area (Å²) in [5.41, 5.74) is 0.754. The highest BCUT2D eigenvalue weighted by Gasteiger charge is 2.33. The standard InChI is InChI=1S/C35H55N3O7/c1-9-12-13-14-17-25(15-10-2)32(39)36-29(20-24(4)5)33(40)37-30(35(42)43)21-26(16-11-3)34(41)38(6)23-27-18-19-28(44-7)22-31(27)45-8/h9,11,18-19,22,24-26,29-30H,1,3,10,12-17,20-21,23H2,2,4-8H3,(H,36,39)(H,37,40)(H,42,43)/t25?,26?,29-,30-/m0/s1. The fourth-order valence-electron chi connectivity index (χ4n) is 5.33. The smallest absolute Gasteiger partial charge is 0.326 e. The summed E-state index contributed by atoms with van der Waals surface area (Å²) in [6, 6.07) is 3.06. The normalized spacial score (nSPS) is 13.6. The van der Waals surface area contributed by atoms with Crippen molar-refractivity contribution >= 4 is 23.7 Å². The highest BCUT2D eigenvalue weighted by Crippen LogP contribution is 2.27. The first-order valence-electron chi connectivity index (χ1n) is 15.9. The number of carbonyl (C=O) groups is 4. The molecule has 0 saturated carbocycles. The lowest BCUT2D eigenvalue weighted by Crippen LogP contribution is -2.53. The van der Waals surface area contributed by atoms with Crippen LogP contribution in [0.25, 0.3) is 0 Å². The lowest BCUT2D eigenvalue weighted by molar-refractivity contribution is -0.144. The Kier molecular flexibility index (Phi) is 18.3. The van der Waals surface area contributed by atoms with Gasteiger partial charge in [-0.15, -0.1) is 13.2 Å². The van der Waals surface area contributed by atoms with Crippen molar-refractivity contribution in [2.75, 3.05) is 21.3 Å². The zero-order valence-electron chi connectivity index (χ0n) is 28.1. The number of allylic oxidation sites excluding steroid dienone is 2. The first kappa shape index (κ1) is 39.2. The van der Waals surface area contributed by atoms with Crippen molar-refractivity contribution in [3.63, 3.8) is 0 Å². The number of unbranched alkanes of at least 4 members (excludes halogenated alkanes) is 2. The first-order valence-corrected chi connectivity index (χ1v) is 15.9. The number of hydrogen-bond donors (Lipinski definition) is 3. The van der Waals surface area contributed by atoms with E-state index in [0.717, 1.165) is 31.2 Å². The van der Waals surface area contributed by atoms with E-state index < -0.39 is 29.9 Å². The van der Waals surface area contributed by atoms with Gasteiger partial charge < -0.3 is 30.1 Å². The highest BCUT2D eigenvalue weighted by atomic mass is 16.5. The van der Waals surface area contributed by atoms with E-state index in [-0.39, 0.29) is 43.0 Å². The molecule has 1 rings (SSSR count). The van der Waals surface area contributed by atoms with Crippen molar-refractivity contribution in [2.24, 2.45) is 17.8 Å². The summed E-state index contributed by atoms with van der Waals surface area (Å²) in [7, 11) is 4.72.